The number of benzene rings is 2. The van der Waals surface area contributed by atoms with Crippen molar-refractivity contribution in [2.75, 3.05) is 19.0 Å². The van der Waals surface area contributed by atoms with E-state index in [1.807, 2.05) is 20.2 Å². The molecule has 0 atom stereocenters. The number of aromatic amines is 1. The van der Waals surface area contributed by atoms with Gasteiger partial charge in [0.25, 0.3) is 0 Å². The third-order valence-electron chi connectivity index (χ3n) is 3.08. The Hall–Kier alpha value is -2.16. The second-order valence-electron chi connectivity index (χ2n) is 4.48. The molecule has 0 radical (unpaired) electrons. The van der Waals surface area contributed by atoms with Crippen LogP contribution in [0.1, 0.15) is 0 Å². The molecule has 3 rings (SSSR count). The molecule has 3 nitrogen and oxygen atoms in total. The van der Waals surface area contributed by atoms with Gasteiger partial charge in [-0.2, -0.15) is 0 Å². The Balaban J connectivity index is 2.35. The first-order valence-electron chi connectivity index (χ1n) is 5.57. The molecular formula is C14H14N2O. The van der Waals surface area contributed by atoms with E-state index in [0.717, 1.165) is 22.1 Å². The zero-order chi connectivity index (χ0) is 12.0. The van der Waals surface area contributed by atoms with Crippen LogP contribution in [0, 0.1) is 0 Å². The number of nitrogens with zero attached hydrogens (tertiary/aromatic N) is 1. The van der Waals surface area contributed by atoms with Crippen molar-refractivity contribution in [1.82, 2.24) is 4.98 Å². The van der Waals surface area contributed by atoms with Gasteiger partial charge in [0.1, 0.15) is 5.75 Å². The van der Waals surface area contributed by atoms with Crippen LogP contribution >= 0.6 is 0 Å². The largest absolute Gasteiger partial charge is 0.508 e. The molecule has 2 N–H and O–H groups in total. The number of anilines is 1. The summed E-state index contributed by atoms with van der Waals surface area (Å²) in [6.07, 6.45) is 0. The van der Waals surface area contributed by atoms with E-state index < -0.39 is 0 Å². The van der Waals surface area contributed by atoms with Gasteiger partial charge in [0, 0.05) is 42.1 Å². The van der Waals surface area contributed by atoms with Gasteiger partial charge in [-0.15, -0.1) is 0 Å². The lowest BCUT2D eigenvalue weighted by Gasteiger charge is -2.11. The molecule has 3 aromatic rings. The van der Waals surface area contributed by atoms with Crippen LogP contribution in [0.25, 0.3) is 21.8 Å². The van der Waals surface area contributed by atoms with E-state index >= 15 is 0 Å². The number of fused-ring (bicyclic) bond motifs is 3. The third kappa shape index (κ3) is 1.51. The second kappa shape index (κ2) is 3.42. The lowest BCUT2D eigenvalue weighted by Crippen LogP contribution is -2.07. The molecule has 2 aromatic carbocycles. The number of H-pyrrole nitrogens is 1. The number of nitrogens with one attached hydrogen (secondary N) is 1. The van der Waals surface area contributed by atoms with Crippen molar-refractivity contribution in [3.8, 4) is 5.75 Å². The van der Waals surface area contributed by atoms with Crippen LogP contribution in [0.2, 0.25) is 0 Å². The molecule has 0 bridgehead atoms. The Kier molecular flexibility index (Phi) is 2.01. The Labute approximate surface area is 99.3 Å². The maximum atomic E-state index is 9.47. The summed E-state index contributed by atoms with van der Waals surface area (Å²) in [6.45, 7) is 0. The molecule has 0 saturated carbocycles. The zero-order valence-corrected chi connectivity index (χ0v) is 9.86. The summed E-state index contributed by atoms with van der Waals surface area (Å²) < 4.78 is 0. The minimum absolute atomic E-state index is 0.289. The van der Waals surface area contributed by atoms with Crippen LogP contribution in [0.15, 0.2) is 36.4 Å². The first-order valence-corrected chi connectivity index (χ1v) is 5.57. The number of hydrogen-bond acceptors (Lipinski definition) is 2. The third-order valence-corrected chi connectivity index (χ3v) is 3.08. The summed E-state index contributed by atoms with van der Waals surface area (Å²) in [4.78, 5) is 5.40. The summed E-state index contributed by atoms with van der Waals surface area (Å²) >= 11 is 0. The molecule has 1 heterocycles. The van der Waals surface area contributed by atoms with Gasteiger partial charge in [0.2, 0.25) is 0 Å². The number of aromatic nitrogens is 1. The molecular weight excluding hydrogens is 212 g/mol. The number of phenols is 1. The predicted octanol–water partition coefficient (Wildman–Crippen LogP) is 3.09. The summed E-state index contributed by atoms with van der Waals surface area (Å²) in [6, 6.07) is 11.7. The van der Waals surface area contributed by atoms with E-state index in [2.05, 4.69) is 28.1 Å². The van der Waals surface area contributed by atoms with Gasteiger partial charge < -0.3 is 15.0 Å². The van der Waals surface area contributed by atoms with Crippen molar-refractivity contribution >= 4 is 27.5 Å². The zero-order valence-electron chi connectivity index (χ0n) is 9.86. The van der Waals surface area contributed by atoms with E-state index in [-0.39, 0.29) is 5.75 Å². The van der Waals surface area contributed by atoms with Crippen molar-refractivity contribution in [1.29, 1.82) is 0 Å². The van der Waals surface area contributed by atoms with Gasteiger partial charge in [-0.25, -0.2) is 0 Å². The van der Waals surface area contributed by atoms with Gasteiger partial charge in [-0.3, -0.25) is 0 Å². The highest BCUT2D eigenvalue weighted by atomic mass is 16.3. The molecule has 1 aromatic heterocycles. The van der Waals surface area contributed by atoms with Crippen molar-refractivity contribution in [3.05, 3.63) is 36.4 Å². The van der Waals surface area contributed by atoms with Gasteiger partial charge in [0.15, 0.2) is 0 Å². The number of rotatable bonds is 1. The average molecular weight is 226 g/mol. The minimum Gasteiger partial charge on any atom is -0.508 e. The van der Waals surface area contributed by atoms with Crippen LogP contribution in [0.3, 0.4) is 0 Å². The average Bonchev–Trinajstić information content (AvgIpc) is 2.64. The summed E-state index contributed by atoms with van der Waals surface area (Å²) in [5.74, 6) is 0.289. The first-order chi connectivity index (χ1) is 8.15. The smallest absolute Gasteiger partial charge is 0.117 e. The molecule has 0 saturated heterocycles. The topological polar surface area (TPSA) is 39.3 Å². The second-order valence-corrected chi connectivity index (χ2v) is 4.48. The molecule has 0 aliphatic rings. The fraction of sp³-hybridized carbons (Fsp3) is 0.143. The summed E-state index contributed by atoms with van der Waals surface area (Å²) in [5.41, 5.74) is 3.22. The van der Waals surface area contributed by atoms with Crippen molar-refractivity contribution in [3.63, 3.8) is 0 Å². The molecule has 3 heteroatoms. The highest BCUT2D eigenvalue weighted by Gasteiger charge is 2.06. The van der Waals surface area contributed by atoms with Gasteiger partial charge >= 0.3 is 0 Å². The van der Waals surface area contributed by atoms with Crippen LogP contribution in [-0.2, 0) is 0 Å². The van der Waals surface area contributed by atoms with Crippen molar-refractivity contribution < 1.29 is 5.11 Å². The summed E-state index contributed by atoms with van der Waals surface area (Å²) in [5, 5.41) is 11.8. The monoisotopic (exact) mass is 226 g/mol. The summed E-state index contributed by atoms with van der Waals surface area (Å²) in [7, 11) is 4.05. The van der Waals surface area contributed by atoms with E-state index in [1.165, 1.54) is 5.39 Å². The van der Waals surface area contributed by atoms with Crippen molar-refractivity contribution in [2.24, 2.45) is 0 Å². The maximum absolute atomic E-state index is 9.47. The van der Waals surface area contributed by atoms with Crippen LogP contribution < -0.4 is 4.90 Å². The SMILES string of the molecule is CN(C)c1ccc2c(c1)[nH]c1cc(O)ccc12. The lowest BCUT2D eigenvalue weighted by atomic mass is 10.1. The molecule has 0 fully saturated rings. The Morgan fingerprint density at radius 1 is 0.941 bits per heavy atom. The Morgan fingerprint density at radius 2 is 1.59 bits per heavy atom. The van der Waals surface area contributed by atoms with Gasteiger partial charge in [0.05, 0.1) is 5.52 Å². The molecule has 0 spiro atoms. The van der Waals surface area contributed by atoms with Crippen LogP contribution in [0.5, 0.6) is 5.75 Å². The molecule has 17 heavy (non-hydrogen) atoms. The van der Waals surface area contributed by atoms with E-state index in [0.29, 0.717) is 0 Å². The standard InChI is InChI=1S/C14H14N2O/c1-16(2)9-3-5-11-12-6-4-10(17)8-14(12)15-13(11)7-9/h3-8,15,17H,1-2H3. The van der Waals surface area contributed by atoms with Crippen LogP contribution in [-0.4, -0.2) is 24.2 Å². The van der Waals surface area contributed by atoms with Gasteiger partial charge in [-0.1, -0.05) is 6.07 Å². The quantitative estimate of drug-likeness (QED) is 0.669. The van der Waals surface area contributed by atoms with Crippen molar-refractivity contribution in [2.45, 2.75) is 0 Å². The minimum atomic E-state index is 0.289. The number of hydrogen-bond donors (Lipinski definition) is 2. The highest BCUT2D eigenvalue weighted by Crippen LogP contribution is 2.30. The fourth-order valence-corrected chi connectivity index (χ4v) is 2.16. The van der Waals surface area contributed by atoms with E-state index in [1.54, 1.807) is 12.1 Å². The molecule has 0 amide bonds. The Morgan fingerprint density at radius 3 is 2.29 bits per heavy atom. The van der Waals surface area contributed by atoms with Gasteiger partial charge in [-0.05, 0) is 24.3 Å². The Bertz CT molecular complexity index is 698. The predicted molar refractivity (Wildman–Crippen MR) is 71.8 cm³/mol. The highest BCUT2D eigenvalue weighted by molar-refractivity contribution is 6.08. The lowest BCUT2D eigenvalue weighted by molar-refractivity contribution is 0.476. The normalized spacial score (nSPS) is 11.2. The molecule has 0 aliphatic heterocycles. The van der Waals surface area contributed by atoms with E-state index in [4.69, 9.17) is 0 Å². The fourth-order valence-electron chi connectivity index (χ4n) is 2.16. The maximum Gasteiger partial charge on any atom is 0.117 e. The molecule has 0 unspecified atom stereocenters. The number of aromatic hydroxyl groups is 1. The molecule has 0 aliphatic carbocycles. The van der Waals surface area contributed by atoms with E-state index in [9.17, 15) is 5.11 Å². The molecule has 86 valence electrons. The number of phenolic OH excluding ortho intramolecular Hbond substituents is 1. The first kappa shape index (κ1) is 10.0. The van der Waals surface area contributed by atoms with Crippen LogP contribution in [0.4, 0.5) is 5.69 Å².